The largest absolute Gasteiger partial charge is 0.384 e. The standard InChI is InChI=1S/C10H9BrF2N4O2S/c11-7-1-6(12)2-8(13)9(7)20(18,19)16-4-5-3-15-17-10(5)14/h1-3,16H,4H2,(H3,14,15,17). The molecule has 0 unspecified atom stereocenters. The van der Waals surface area contributed by atoms with Gasteiger partial charge in [0.25, 0.3) is 0 Å². The van der Waals surface area contributed by atoms with Crippen LogP contribution in [-0.2, 0) is 16.6 Å². The lowest BCUT2D eigenvalue weighted by Crippen LogP contribution is -2.25. The van der Waals surface area contributed by atoms with Gasteiger partial charge in [0.1, 0.15) is 22.3 Å². The van der Waals surface area contributed by atoms with E-state index >= 15 is 0 Å². The van der Waals surface area contributed by atoms with Crippen molar-refractivity contribution in [2.75, 3.05) is 5.73 Å². The molecule has 0 saturated carbocycles. The Morgan fingerprint density at radius 3 is 2.65 bits per heavy atom. The van der Waals surface area contributed by atoms with E-state index < -0.39 is 26.6 Å². The molecule has 4 N–H and O–H groups in total. The van der Waals surface area contributed by atoms with Gasteiger partial charge in [-0.15, -0.1) is 0 Å². The maximum atomic E-state index is 13.6. The minimum atomic E-state index is -4.17. The second-order valence-corrected chi connectivity index (χ2v) is 6.39. The molecule has 1 aromatic heterocycles. The van der Waals surface area contributed by atoms with Crippen LogP contribution in [0.1, 0.15) is 5.56 Å². The van der Waals surface area contributed by atoms with Gasteiger partial charge in [-0.3, -0.25) is 5.10 Å². The summed E-state index contributed by atoms with van der Waals surface area (Å²) in [7, 11) is -4.17. The summed E-state index contributed by atoms with van der Waals surface area (Å²) < 4.78 is 52.6. The summed E-state index contributed by atoms with van der Waals surface area (Å²) in [6, 6.07) is 1.36. The quantitative estimate of drug-likeness (QED) is 0.763. The molecule has 0 saturated heterocycles. The first kappa shape index (κ1) is 14.9. The first-order chi connectivity index (χ1) is 9.31. The van der Waals surface area contributed by atoms with Gasteiger partial charge in [-0.1, -0.05) is 0 Å². The summed E-state index contributed by atoms with van der Waals surface area (Å²) >= 11 is 2.82. The van der Waals surface area contributed by atoms with E-state index in [1.54, 1.807) is 0 Å². The van der Waals surface area contributed by atoms with Gasteiger partial charge in [-0.2, -0.15) is 5.10 Å². The zero-order valence-electron chi connectivity index (χ0n) is 9.82. The molecule has 2 aromatic rings. The third-order valence-electron chi connectivity index (χ3n) is 2.44. The zero-order chi connectivity index (χ0) is 14.9. The van der Waals surface area contributed by atoms with Gasteiger partial charge in [-0.25, -0.2) is 21.9 Å². The van der Waals surface area contributed by atoms with Crippen molar-refractivity contribution in [3.05, 3.63) is 40.0 Å². The molecule has 1 aromatic carbocycles. The van der Waals surface area contributed by atoms with E-state index in [1.165, 1.54) is 6.20 Å². The van der Waals surface area contributed by atoms with Gasteiger partial charge >= 0.3 is 0 Å². The van der Waals surface area contributed by atoms with Crippen molar-refractivity contribution in [1.82, 2.24) is 14.9 Å². The van der Waals surface area contributed by atoms with Crippen LogP contribution in [0.3, 0.4) is 0 Å². The molecule has 0 atom stereocenters. The summed E-state index contributed by atoms with van der Waals surface area (Å²) in [5, 5.41) is 6.06. The fourth-order valence-electron chi connectivity index (χ4n) is 1.49. The van der Waals surface area contributed by atoms with Crippen molar-refractivity contribution in [2.45, 2.75) is 11.4 Å². The number of hydrogen-bond acceptors (Lipinski definition) is 4. The van der Waals surface area contributed by atoms with E-state index in [4.69, 9.17) is 5.73 Å². The Morgan fingerprint density at radius 2 is 2.10 bits per heavy atom. The molecule has 108 valence electrons. The molecule has 1 heterocycles. The van der Waals surface area contributed by atoms with Crippen LogP contribution in [0.25, 0.3) is 0 Å². The lowest BCUT2D eigenvalue weighted by molar-refractivity contribution is 0.540. The predicted octanol–water partition coefficient (Wildman–Crippen LogP) is 1.51. The van der Waals surface area contributed by atoms with Crippen molar-refractivity contribution in [3.8, 4) is 0 Å². The number of nitrogen functional groups attached to an aromatic ring is 1. The van der Waals surface area contributed by atoms with E-state index in [2.05, 4.69) is 30.8 Å². The highest BCUT2D eigenvalue weighted by atomic mass is 79.9. The topological polar surface area (TPSA) is 101 Å². The number of nitrogens with two attached hydrogens (primary N) is 1. The van der Waals surface area contributed by atoms with E-state index in [1.807, 2.05) is 0 Å². The van der Waals surface area contributed by atoms with Crippen LogP contribution in [0.15, 0.2) is 27.7 Å². The number of aromatic amines is 1. The Bertz CT molecular complexity index is 724. The summed E-state index contributed by atoms with van der Waals surface area (Å²) in [4.78, 5) is -0.666. The van der Waals surface area contributed by atoms with E-state index in [0.717, 1.165) is 6.07 Å². The van der Waals surface area contributed by atoms with Crippen LogP contribution in [0.2, 0.25) is 0 Å². The maximum absolute atomic E-state index is 13.6. The molecular formula is C10H9BrF2N4O2S. The van der Waals surface area contributed by atoms with Crippen LogP contribution < -0.4 is 10.5 Å². The SMILES string of the molecule is Nc1[nH]ncc1CNS(=O)(=O)c1c(F)cc(F)cc1Br. The van der Waals surface area contributed by atoms with Crippen LogP contribution in [0.5, 0.6) is 0 Å². The second kappa shape index (κ2) is 5.46. The van der Waals surface area contributed by atoms with Crippen LogP contribution in [0.4, 0.5) is 14.6 Å². The third kappa shape index (κ3) is 2.97. The first-order valence-corrected chi connectivity index (χ1v) is 7.51. The van der Waals surface area contributed by atoms with Crippen LogP contribution in [-0.4, -0.2) is 18.6 Å². The number of sulfonamides is 1. The van der Waals surface area contributed by atoms with Crippen molar-refractivity contribution >= 4 is 31.8 Å². The van der Waals surface area contributed by atoms with Gasteiger partial charge < -0.3 is 5.73 Å². The highest BCUT2D eigenvalue weighted by molar-refractivity contribution is 9.10. The Morgan fingerprint density at radius 1 is 1.40 bits per heavy atom. The predicted molar refractivity (Wildman–Crippen MR) is 71.1 cm³/mol. The fraction of sp³-hybridized carbons (Fsp3) is 0.100. The number of benzene rings is 1. The normalized spacial score (nSPS) is 11.8. The third-order valence-corrected chi connectivity index (χ3v) is 4.80. The number of H-pyrrole nitrogens is 1. The van der Waals surface area contributed by atoms with E-state index in [9.17, 15) is 17.2 Å². The highest BCUT2D eigenvalue weighted by Crippen LogP contribution is 2.26. The number of nitrogens with one attached hydrogen (secondary N) is 2. The summed E-state index contributed by atoms with van der Waals surface area (Å²) in [6.45, 7) is -0.173. The molecule has 0 aliphatic rings. The lowest BCUT2D eigenvalue weighted by Gasteiger charge is -2.09. The fourth-order valence-corrected chi connectivity index (χ4v) is 3.66. The van der Waals surface area contributed by atoms with Crippen molar-refractivity contribution in [2.24, 2.45) is 0 Å². The van der Waals surface area contributed by atoms with Crippen molar-refractivity contribution < 1.29 is 17.2 Å². The van der Waals surface area contributed by atoms with Gasteiger partial charge in [0.05, 0.1) is 6.20 Å². The van der Waals surface area contributed by atoms with Gasteiger partial charge in [0, 0.05) is 22.6 Å². The molecule has 0 aliphatic carbocycles. The highest BCUT2D eigenvalue weighted by Gasteiger charge is 2.23. The van der Waals surface area contributed by atoms with Gasteiger partial charge in [0.2, 0.25) is 10.0 Å². The second-order valence-electron chi connectivity index (χ2n) is 3.83. The minimum Gasteiger partial charge on any atom is -0.384 e. The van der Waals surface area contributed by atoms with Crippen LogP contribution >= 0.6 is 15.9 Å². The number of rotatable bonds is 4. The van der Waals surface area contributed by atoms with Gasteiger partial charge in [0.15, 0.2) is 0 Å². The smallest absolute Gasteiger partial charge is 0.244 e. The molecule has 0 radical (unpaired) electrons. The summed E-state index contributed by atoms with van der Waals surface area (Å²) in [5.74, 6) is -1.87. The molecule has 0 bridgehead atoms. The molecule has 2 rings (SSSR count). The minimum absolute atomic E-state index is 0.173. The lowest BCUT2D eigenvalue weighted by atomic mass is 10.3. The van der Waals surface area contributed by atoms with Crippen LogP contribution in [0, 0.1) is 11.6 Å². The Balaban J connectivity index is 2.30. The molecule has 6 nitrogen and oxygen atoms in total. The molecule has 10 heteroatoms. The summed E-state index contributed by atoms with van der Waals surface area (Å²) in [5.41, 5.74) is 5.91. The number of hydrogen-bond donors (Lipinski definition) is 3. The van der Waals surface area contributed by atoms with Crippen molar-refractivity contribution in [3.63, 3.8) is 0 Å². The summed E-state index contributed by atoms with van der Waals surface area (Å²) in [6.07, 6.45) is 1.34. The number of anilines is 1. The molecule has 0 fully saturated rings. The molecule has 0 amide bonds. The Hall–Kier alpha value is -1.52. The molecule has 20 heavy (non-hydrogen) atoms. The monoisotopic (exact) mass is 366 g/mol. The van der Waals surface area contributed by atoms with Gasteiger partial charge in [-0.05, 0) is 22.0 Å². The Labute approximate surface area is 121 Å². The van der Waals surface area contributed by atoms with E-state index in [0.29, 0.717) is 11.6 Å². The number of aromatic nitrogens is 2. The van der Waals surface area contributed by atoms with E-state index in [-0.39, 0.29) is 16.8 Å². The Kier molecular flexibility index (Phi) is 4.06. The van der Waals surface area contributed by atoms with Crippen molar-refractivity contribution in [1.29, 1.82) is 0 Å². The zero-order valence-corrected chi connectivity index (χ0v) is 12.2. The maximum Gasteiger partial charge on any atom is 0.244 e. The first-order valence-electron chi connectivity index (χ1n) is 5.23. The average molecular weight is 367 g/mol. The molecule has 0 spiro atoms. The number of nitrogens with zero attached hydrogens (tertiary/aromatic N) is 1. The molecular weight excluding hydrogens is 358 g/mol. The number of halogens is 3. The average Bonchev–Trinajstić information content (AvgIpc) is 2.70. The molecule has 0 aliphatic heterocycles.